The molecular weight excluding hydrogens is 300 g/mol. The summed E-state index contributed by atoms with van der Waals surface area (Å²) in [5.41, 5.74) is -3.37. The molecule has 6 nitrogen and oxygen atoms in total. The molecular formula is C11H12F4N2O4. The van der Waals surface area contributed by atoms with Gasteiger partial charge in [0, 0.05) is 0 Å². The van der Waals surface area contributed by atoms with Gasteiger partial charge < -0.3 is 9.47 Å². The molecule has 10 heteroatoms. The molecule has 0 atom stereocenters. The van der Waals surface area contributed by atoms with Gasteiger partial charge in [-0.3, -0.25) is 5.10 Å². The van der Waals surface area contributed by atoms with E-state index in [2.05, 4.69) is 14.6 Å². The number of carbonyl (C=O) groups is 2. The van der Waals surface area contributed by atoms with Gasteiger partial charge in [0.05, 0.1) is 13.2 Å². The van der Waals surface area contributed by atoms with Gasteiger partial charge in [0.25, 0.3) is 0 Å². The number of halogens is 4. The number of hydrogen-bond donors (Lipinski definition) is 1. The van der Waals surface area contributed by atoms with Gasteiger partial charge in [-0.25, -0.2) is 18.4 Å². The van der Waals surface area contributed by atoms with E-state index in [0.29, 0.717) is 0 Å². The van der Waals surface area contributed by atoms with E-state index < -0.39 is 41.2 Å². The highest BCUT2D eigenvalue weighted by molar-refractivity contribution is 6.02. The summed E-state index contributed by atoms with van der Waals surface area (Å²) >= 11 is 0. The van der Waals surface area contributed by atoms with Crippen LogP contribution in [0.15, 0.2) is 0 Å². The summed E-state index contributed by atoms with van der Waals surface area (Å²) in [6.07, 6.45) is -4.10. The number of hydrogen-bond acceptors (Lipinski definition) is 5. The Morgan fingerprint density at radius 2 is 1.71 bits per heavy atom. The van der Waals surface area contributed by atoms with Crippen molar-refractivity contribution in [2.75, 3.05) is 13.2 Å². The quantitative estimate of drug-likeness (QED) is 0.643. The average Bonchev–Trinajstić information content (AvgIpc) is 2.84. The molecule has 1 heterocycles. The minimum absolute atomic E-state index is 0.117. The summed E-state index contributed by atoms with van der Waals surface area (Å²) in [6.45, 7) is 2.50. The van der Waals surface area contributed by atoms with Crippen LogP contribution < -0.4 is 0 Å². The molecule has 0 aliphatic heterocycles. The van der Waals surface area contributed by atoms with Crippen LogP contribution in [-0.4, -0.2) is 41.8 Å². The second-order valence-corrected chi connectivity index (χ2v) is 3.69. The second-order valence-electron chi connectivity index (χ2n) is 3.69. The van der Waals surface area contributed by atoms with Crippen LogP contribution in [0.4, 0.5) is 17.6 Å². The summed E-state index contributed by atoms with van der Waals surface area (Å²) in [5, 5.41) is 4.77. The number of alkyl halides is 4. The number of nitrogens with one attached hydrogen (secondary N) is 1. The summed E-state index contributed by atoms with van der Waals surface area (Å²) in [7, 11) is 0. The molecule has 0 spiro atoms. The standard InChI is InChI=1S/C11H12F4N2O4/c1-3-20-8(18)5-6(9(19)21-4-2)16-17-7(5)11(14,15)10(12)13/h10H,3-4H2,1-2H3,(H,16,17). The lowest BCUT2D eigenvalue weighted by atomic mass is 10.1. The fourth-order valence-electron chi connectivity index (χ4n) is 1.44. The number of esters is 2. The van der Waals surface area contributed by atoms with Crippen molar-refractivity contribution in [2.24, 2.45) is 0 Å². The van der Waals surface area contributed by atoms with E-state index >= 15 is 0 Å². The predicted octanol–water partition coefficient (Wildman–Crippen LogP) is 2.12. The number of H-pyrrole nitrogens is 1. The maximum absolute atomic E-state index is 13.4. The van der Waals surface area contributed by atoms with Crippen LogP contribution in [0.3, 0.4) is 0 Å². The first-order valence-electron chi connectivity index (χ1n) is 5.86. The molecule has 118 valence electrons. The normalized spacial score (nSPS) is 11.6. The van der Waals surface area contributed by atoms with Crippen LogP contribution in [0.5, 0.6) is 0 Å². The number of rotatable bonds is 6. The second kappa shape index (κ2) is 6.55. The van der Waals surface area contributed by atoms with Gasteiger partial charge in [-0.1, -0.05) is 0 Å². The third kappa shape index (κ3) is 3.31. The molecule has 1 aromatic heterocycles. The van der Waals surface area contributed by atoms with Gasteiger partial charge in [0.1, 0.15) is 11.3 Å². The topological polar surface area (TPSA) is 81.3 Å². The third-order valence-electron chi connectivity index (χ3n) is 2.32. The van der Waals surface area contributed by atoms with E-state index in [1.165, 1.54) is 13.8 Å². The van der Waals surface area contributed by atoms with Crippen molar-refractivity contribution in [2.45, 2.75) is 26.2 Å². The van der Waals surface area contributed by atoms with Gasteiger partial charge in [-0.05, 0) is 13.8 Å². The number of ether oxygens (including phenoxy) is 2. The SMILES string of the molecule is CCOC(=O)c1n[nH]c(C(F)(F)C(F)F)c1C(=O)OCC. The van der Waals surface area contributed by atoms with E-state index in [9.17, 15) is 27.2 Å². The zero-order chi connectivity index (χ0) is 16.2. The largest absolute Gasteiger partial charge is 0.462 e. The lowest BCUT2D eigenvalue weighted by Gasteiger charge is -2.14. The summed E-state index contributed by atoms with van der Waals surface area (Å²) < 4.78 is 60.7. The van der Waals surface area contributed by atoms with Crippen LogP contribution in [0.1, 0.15) is 40.4 Å². The number of nitrogens with zero attached hydrogens (tertiary/aromatic N) is 1. The molecule has 21 heavy (non-hydrogen) atoms. The summed E-state index contributed by atoms with van der Waals surface area (Å²) in [5.74, 6) is -7.27. The zero-order valence-electron chi connectivity index (χ0n) is 11.1. The van der Waals surface area contributed by atoms with E-state index in [4.69, 9.17) is 0 Å². The fourth-order valence-corrected chi connectivity index (χ4v) is 1.44. The number of aromatic nitrogens is 2. The highest BCUT2D eigenvalue weighted by Crippen LogP contribution is 2.36. The molecule has 0 aliphatic rings. The van der Waals surface area contributed by atoms with Crippen molar-refractivity contribution in [1.29, 1.82) is 0 Å². The van der Waals surface area contributed by atoms with Gasteiger partial charge in [-0.15, -0.1) is 0 Å². The Balaban J connectivity index is 3.39. The Hall–Kier alpha value is -2.13. The number of aromatic amines is 1. The molecule has 0 bridgehead atoms. The van der Waals surface area contributed by atoms with Gasteiger partial charge >= 0.3 is 24.3 Å². The van der Waals surface area contributed by atoms with Crippen molar-refractivity contribution in [3.05, 3.63) is 17.0 Å². The lowest BCUT2D eigenvalue weighted by molar-refractivity contribution is -0.138. The Bertz CT molecular complexity index is 530. The van der Waals surface area contributed by atoms with Crippen LogP contribution in [-0.2, 0) is 15.4 Å². The van der Waals surface area contributed by atoms with Gasteiger partial charge in [-0.2, -0.15) is 13.9 Å². The molecule has 0 amide bonds. The molecule has 0 saturated heterocycles. The van der Waals surface area contributed by atoms with Gasteiger partial charge in [0.2, 0.25) is 0 Å². The Kier molecular flexibility index (Phi) is 5.28. The van der Waals surface area contributed by atoms with E-state index in [1.54, 1.807) is 5.10 Å². The van der Waals surface area contributed by atoms with Crippen molar-refractivity contribution in [3.63, 3.8) is 0 Å². The highest BCUT2D eigenvalue weighted by atomic mass is 19.3. The smallest absolute Gasteiger partial charge is 0.359 e. The third-order valence-corrected chi connectivity index (χ3v) is 2.32. The molecule has 0 saturated carbocycles. The molecule has 0 radical (unpaired) electrons. The molecule has 0 unspecified atom stereocenters. The van der Waals surface area contributed by atoms with Crippen molar-refractivity contribution in [1.82, 2.24) is 10.2 Å². The monoisotopic (exact) mass is 312 g/mol. The van der Waals surface area contributed by atoms with Crippen LogP contribution in [0.25, 0.3) is 0 Å². The van der Waals surface area contributed by atoms with E-state index in [1.807, 2.05) is 0 Å². The molecule has 1 aromatic rings. The predicted molar refractivity (Wildman–Crippen MR) is 60.4 cm³/mol. The van der Waals surface area contributed by atoms with E-state index in [0.717, 1.165) is 0 Å². The molecule has 0 aromatic carbocycles. The van der Waals surface area contributed by atoms with Crippen molar-refractivity contribution in [3.8, 4) is 0 Å². The first-order valence-corrected chi connectivity index (χ1v) is 5.86. The number of carbonyl (C=O) groups excluding carboxylic acids is 2. The van der Waals surface area contributed by atoms with Crippen molar-refractivity contribution < 1.29 is 36.6 Å². The maximum Gasteiger partial charge on any atom is 0.359 e. The Morgan fingerprint density at radius 3 is 2.19 bits per heavy atom. The van der Waals surface area contributed by atoms with Crippen LogP contribution >= 0.6 is 0 Å². The van der Waals surface area contributed by atoms with E-state index in [-0.39, 0.29) is 13.2 Å². The molecule has 1 rings (SSSR count). The highest BCUT2D eigenvalue weighted by Gasteiger charge is 2.49. The Morgan fingerprint density at radius 1 is 1.19 bits per heavy atom. The first-order chi connectivity index (χ1) is 9.77. The molecule has 1 N–H and O–H groups in total. The first kappa shape index (κ1) is 16.9. The summed E-state index contributed by atoms with van der Waals surface area (Å²) in [6, 6.07) is 0. The Labute approximate surface area is 116 Å². The minimum Gasteiger partial charge on any atom is -0.462 e. The molecule has 0 aliphatic carbocycles. The maximum atomic E-state index is 13.4. The van der Waals surface area contributed by atoms with Crippen molar-refractivity contribution >= 4 is 11.9 Å². The fraction of sp³-hybridized carbons (Fsp3) is 0.545. The van der Waals surface area contributed by atoms with Crippen LogP contribution in [0.2, 0.25) is 0 Å². The summed E-state index contributed by atoms with van der Waals surface area (Å²) in [4.78, 5) is 23.2. The average molecular weight is 312 g/mol. The zero-order valence-corrected chi connectivity index (χ0v) is 11.1. The lowest BCUT2D eigenvalue weighted by Crippen LogP contribution is -2.27. The minimum atomic E-state index is -4.69. The van der Waals surface area contributed by atoms with Crippen LogP contribution in [0, 0.1) is 0 Å². The molecule has 0 fully saturated rings. The van der Waals surface area contributed by atoms with Gasteiger partial charge in [0.15, 0.2) is 5.69 Å².